The molecule has 0 radical (unpaired) electrons. The average molecular weight is 462 g/mol. The van der Waals surface area contributed by atoms with E-state index in [1.165, 1.54) is 7.11 Å². The number of halogens is 2. The van der Waals surface area contributed by atoms with E-state index in [1.54, 1.807) is 13.8 Å². The van der Waals surface area contributed by atoms with E-state index >= 15 is 0 Å². The summed E-state index contributed by atoms with van der Waals surface area (Å²) >= 11 is 0. The molecule has 1 fully saturated rings. The fourth-order valence-electron chi connectivity index (χ4n) is 4.71. The number of pyridine rings is 2. The Bertz CT molecular complexity index is 1130. The third-order valence-corrected chi connectivity index (χ3v) is 6.34. The number of hydrogen-bond donors (Lipinski definition) is 1. The first-order valence-electron chi connectivity index (χ1n) is 11.4. The highest BCUT2D eigenvalue weighted by molar-refractivity contribution is 5.98. The number of aromatic amines is 1. The fraction of sp³-hybridized carbons (Fsp3) is 0.542. The molecule has 9 heteroatoms. The normalized spacial score (nSPS) is 17.4. The van der Waals surface area contributed by atoms with Gasteiger partial charge in [-0.25, -0.2) is 18.6 Å². The molecule has 2 aliphatic rings. The molecule has 3 heterocycles. The van der Waals surface area contributed by atoms with E-state index in [9.17, 15) is 18.4 Å². The number of rotatable bonds is 5. The summed E-state index contributed by atoms with van der Waals surface area (Å²) in [5, 5.41) is 0. The zero-order valence-corrected chi connectivity index (χ0v) is 19.2. The number of aryl methyl sites for hydroxylation is 3. The van der Waals surface area contributed by atoms with Crippen molar-refractivity contribution in [2.75, 3.05) is 31.7 Å². The first kappa shape index (κ1) is 23.2. The van der Waals surface area contributed by atoms with Gasteiger partial charge in [0.15, 0.2) is 5.75 Å². The molecule has 2 aromatic rings. The third-order valence-electron chi connectivity index (χ3n) is 6.34. The molecule has 0 atom stereocenters. The van der Waals surface area contributed by atoms with Gasteiger partial charge in [-0.1, -0.05) is 0 Å². The van der Waals surface area contributed by atoms with Gasteiger partial charge in [0.25, 0.3) is 0 Å². The lowest BCUT2D eigenvalue weighted by atomic mass is 10.0. The highest BCUT2D eigenvalue weighted by atomic mass is 19.3. The second kappa shape index (κ2) is 9.11. The molecular formula is C24H29F2N3O4. The van der Waals surface area contributed by atoms with Gasteiger partial charge in [0, 0.05) is 37.2 Å². The minimum absolute atomic E-state index is 0.0342. The maximum Gasteiger partial charge on any atom is 0.344 e. The van der Waals surface area contributed by atoms with E-state index in [0.717, 1.165) is 30.5 Å². The first-order valence-corrected chi connectivity index (χ1v) is 11.4. The number of nitrogens with zero attached hydrogens (tertiary/aromatic N) is 2. The fourth-order valence-corrected chi connectivity index (χ4v) is 4.71. The molecule has 0 aromatic carbocycles. The van der Waals surface area contributed by atoms with Crippen LogP contribution in [0.5, 0.6) is 5.75 Å². The number of anilines is 1. The van der Waals surface area contributed by atoms with Crippen LogP contribution in [0.15, 0.2) is 10.9 Å². The van der Waals surface area contributed by atoms with Crippen molar-refractivity contribution < 1.29 is 23.0 Å². The Morgan fingerprint density at radius 1 is 1.24 bits per heavy atom. The summed E-state index contributed by atoms with van der Waals surface area (Å²) in [6.45, 7) is 4.01. The number of carbonyl (C=O) groups is 1. The van der Waals surface area contributed by atoms with Crippen LogP contribution >= 0.6 is 0 Å². The standard InChI is InChI=1S/C24H29F2N3O4/c1-4-33-23(31)18-19(27-14(2)21(32-3)20(18)30)16-13-15-7-5-8-17(15)28-22(16)29-11-6-9-24(25,26)10-12-29/h13H,4-12H2,1-3H3,(H,27,30). The third kappa shape index (κ3) is 4.45. The van der Waals surface area contributed by atoms with Crippen LogP contribution in [0.3, 0.4) is 0 Å². The Morgan fingerprint density at radius 2 is 2.03 bits per heavy atom. The van der Waals surface area contributed by atoms with Crippen molar-refractivity contribution in [1.82, 2.24) is 9.97 Å². The second-order valence-electron chi connectivity index (χ2n) is 8.60. The molecule has 178 valence electrons. The predicted octanol–water partition coefficient (Wildman–Crippen LogP) is 4.04. The van der Waals surface area contributed by atoms with E-state index in [-0.39, 0.29) is 43.0 Å². The molecule has 0 spiro atoms. The molecule has 33 heavy (non-hydrogen) atoms. The number of hydrogen-bond acceptors (Lipinski definition) is 6. The van der Waals surface area contributed by atoms with Gasteiger partial charge in [0.2, 0.25) is 11.4 Å². The van der Waals surface area contributed by atoms with Gasteiger partial charge in [-0.3, -0.25) is 4.79 Å². The van der Waals surface area contributed by atoms with Gasteiger partial charge in [-0.15, -0.1) is 0 Å². The van der Waals surface area contributed by atoms with Gasteiger partial charge in [-0.2, -0.15) is 0 Å². The number of alkyl halides is 2. The van der Waals surface area contributed by atoms with Crippen molar-refractivity contribution in [3.63, 3.8) is 0 Å². The SMILES string of the molecule is CCOC(=O)c1c(-c2cc3c(nc2N2CCCC(F)(F)CC2)CCC3)[nH]c(C)c(OC)c1=O. The zero-order valence-electron chi connectivity index (χ0n) is 19.2. The highest BCUT2D eigenvalue weighted by Gasteiger charge is 2.34. The second-order valence-corrected chi connectivity index (χ2v) is 8.60. The Labute approximate surface area is 191 Å². The highest BCUT2D eigenvalue weighted by Crippen LogP contribution is 2.38. The van der Waals surface area contributed by atoms with Crippen molar-refractivity contribution in [1.29, 1.82) is 0 Å². The summed E-state index contributed by atoms with van der Waals surface area (Å²) in [5.41, 5.74) is 2.53. The first-order chi connectivity index (χ1) is 15.8. The summed E-state index contributed by atoms with van der Waals surface area (Å²) in [6.07, 6.45) is 2.49. The van der Waals surface area contributed by atoms with E-state index in [1.807, 2.05) is 11.0 Å². The lowest BCUT2D eigenvalue weighted by Gasteiger charge is -2.26. The number of fused-ring (bicyclic) bond motifs is 1. The lowest BCUT2D eigenvalue weighted by Crippen LogP contribution is -2.28. The minimum atomic E-state index is -2.72. The number of nitrogens with one attached hydrogen (secondary N) is 1. The van der Waals surface area contributed by atoms with E-state index in [4.69, 9.17) is 14.5 Å². The van der Waals surface area contributed by atoms with Crippen LogP contribution < -0.4 is 15.1 Å². The lowest BCUT2D eigenvalue weighted by molar-refractivity contribution is -0.0102. The van der Waals surface area contributed by atoms with Gasteiger partial charge in [-0.05, 0) is 51.2 Å². The number of carbonyl (C=O) groups excluding carboxylic acids is 1. The minimum Gasteiger partial charge on any atom is -0.491 e. The zero-order chi connectivity index (χ0) is 23.8. The van der Waals surface area contributed by atoms with Crippen LogP contribution in [0.4, 0.5) is 14.6 Å². The molecule has 7 nitrogen and oxygen atoms in total. The molecule has 0 saturated carbocycles. The maximum atomic E-state index is 14.1. The van der Waals surface area contributed by atoms with Crippen LogP contribution in [-0.2, 0) is 17.6 Å². The molecule has 4 rings (SSSR count). The molecule has 0 bridgehead atoms. The molecular weight excluding hydrogens is 432 g/mol. The van der Waals surface area contributed by atoms with E-state index < -0.39 is 17.3 Å². The molecule has 1 saturated heterocycles. The number of aromatic nitrogens is 2. The van der Waals surface area contributed by atoms with Crippen LogP contribution in [0.2, 0.25) is 0 Å². The van der Waals surface area contributed by atoms with Crippen LogP contribution in [-0.4, -0.2) is 48.7 Å². The average Bonchev–Trinajstić information content (AvgIpc) is 3.14. The van der Waals surface area contributed by atoms with Crippen molar-refractivity contribution in [3.05, 3.63) is 38.8 Å². The number of ether oxygens (including phenoxy) is 2. The van der Waals surface area contributed by atoms with Gasteiger partial charge in [0.05, 0.1) is 25.1 Å². The summed E-state index contributed by atoms with van der Waals surface area (Å²) < 4.78 is 38.6. The number of esters is 1. The van der Waals surface area contributed by atoms with Crippen molar-refractivity contribution in [3.8, 4) is 17.0 Å². The van der Waals surface area contributed by atoms with Crippen LogP contribution in [0.1, 0.15) is 59.9 Å². The van der Waals surface area contributed by atoms with Crippen molar-refractivity contribution in [2.24, 2.45) is 0 Å². The quantitative estimate of drug-likeness (QED) is 0.677. The largest absolute Gasteiger partial charge is 0.491 e. The van der Waals surface area contributed by atoms with E-state index in [0.29, 0.717) is 30.0 Å². The molecule has 1 aliphatic carbocycles. The summed E-state index contributed by atoms with van der Waals surface area (Å²) in [5.74, 6) is -2.93. The molecule has 2 aromatic heterocycles. The molecule has 0 unspecified atom stereocenters. The Morgan fingerprint density at radius 3 is 2.76 bits per heavy atom. The molecule has 0 amide bonds. The Kier molecular flexibility index (Phi) is 6.41. The predicted molar refractivity (Wildman–Crippen MR) is 121 cm³/mol. The van der Waals surface area contributed by atoms with Gasteiger partial charge < -0.3 is 19.4 Å². The van der Waals surface area contributed by atoms with E-state index in [2.05, 4.69) is 4.98 Å². The number of methoxy groups -OCH3 is 1. The summed E-state index contributed by atoms with van der Waals surface area (Å²) in [7, 11) is 1.37. The summed E-state index contributed by atoms with van der Waals surface area (Å²) in [6, 6.07) is 1.94. The van der Waals surface area contributed by atoms with Crippen LogP contribution in [0.25, 0.3) is 11.3 Å². The Hall–Kier alpha value is -2.97. The monoisotopic (exact) mass is 461 g/mol. The van der Waals surface area contributed by atoms with Crippen LogP contribution in [0, 0.1) is 6.92 Å². The smallest absolute Gasteiger partial charge is 0.344 e. The summed E-state index contributed by atoms with van der Waals surface area (Å²) in [4.78, 5) is 36.0. The van der Waals surface area contributed by atoms with Gasteiger partial charge >= 0.3 is 5.97 Å². The topological polar surface area (TPSA) is 84.5 Å². The Balaban J connectivity index is 1.94. The van der Waals surface area contributed by atoms with Gasteiger partial charge in [0.1, 0.15) is 11.4 Å². The van der Waals surface area contributed by atoms with Crippen molar-refractivity contribution in [2.45, 2.75) is 58.3 Å². The maximum absolute atomic E-state index is 14.1. The van der Waals surface area contributed by atoms with Crippen molar-refractivity contribution >= 4 is 11.8 Å². The number of H-pyrrole nitrogens is 1. The molecule has 1 aliphatic heterocycles. The molecule has 1 N–H and O–H groups in total.